The van der Waals surface area contributed by atoms with Gasteiger partial charge in [0.1, 0.15) is 0 Å². The van der Waals surface area contributed by atoms with Gasteiger partial charge in [0, 0.05) is 19.6 Å². The minimum absolute atomic E-state index is 0.0222. The summed E-state index contributed by atoms with van der Waals surface area (Å²) in [7, 11) is 0.364. The number of likely N-dealkylation sites (tertiary alicyclic amines) is 1. The molecule has 1 fully saturated rings. The van der Waals surface area contributed by atoms with Crippen LogP contribution < -0.4 is 0 Å². The molecule has 1 heterocycles. The van der Waals surface area contributed by atoms with E-state index in [0.29, 0.717) is 23.7 Å². The van der Waals surface area contributed by atoms with E-state index in [-0.39, 0.29) is 5.75 Å². The lowest BCUT2D eigenvalue weighted by Crippen LogP contribution is -2.39. The molecule has 5 nitrogen and oxygen atoms in total. The molecule has 0 aliphatic carbocycles. The zero-order valence-corrected chi connectivity index (χ0v) is 13.3. The fourth-order valence-corrected chi connectivity index (χ4v) is 3.85. The van der Waals surface area contributed by atoms with Crippen LogP contribution in [-0.2, 0) is 15.8 Å². The number of nitriles is 1. The summed E-state index contributed by atoms with van der Waals surface area (Å²) in [5, 5.41) is 8.75. The molecule has 0 N–H and O–H groups in total. The van der Waals surface area contributed by atoms with E-state index in [1.165, 1.54) is 4.31 Å². The normalized spacial score (nSPS) is 19.8. The first-order valence-electron chi connectivity index (χ1n) is 7.05. The Hall–Kier alpha value is -1.42. The number of rotatable bonds is 5. The van der Waals surface area contributed by atoms with Gasteiger partial charge in [-0.1, -0.05) is 12.1 Å². The minimum Gasteiger partial charge on any atom is -0.302 e. The fraction of sp³-hybridized carbons (Fsp3) is 0.533. The molecule has 0 radical (unpaired) electrons. The highest BCUT2D eigenvalue weighted by Crippen LogP contribution is 2.18. The summed E-state index contributed by atoms with van der Waals surface area (Å²) < 4.78 is 26.2. The smallest absolute Gasteiger partial charge is 0.218 e. The minimum atomic E-state index is -3.32. The molecule has 0 amide bonds. The largest absolute Gasteiger partial charge is 0.302 e. The molecule has 2 rings (SSSR count). The van der Waals surface area contributed by atoms with Crippen molar-refractivity contribution in [3.63, 3.8) is 0 Å². The van der Waals surface area contributed by atoms with Crippen molar-refractivity contribution in [2.24, 2.45) is 0 Å². The van der Waals surface area contributed by atoms with Crippen LogP contribution in [0, 0.1) is 11.3 Å². The molecule has 0 bridgehead atoms. The average molecular weight is 307 g/mol. The Kier molecular flexibility index (Phi) is 4.99. The number of benzene rings is 1. The van der Waals surface area contributed by atoms with E-state index >= 15 is 0 Å². The second-order valence-electron chi connectivity index (χ2n) is 5.62. The molecule has 6 heteroatoms. The first-order valence-corrected chi connectivity index (χ1v) is 8.66. The monoisotopic (exact) mass is 307 g/mol. The second kappa shape index (κ2) is 6.56. The Labute approximate surface area is 126 Å². The van der Waals surface area contributed by atoms with E-state index in [9.17, 15) is 8.42 Å². The van der Waals surface area contributed by atoms with Crippen LogP contribution in [0.15, 0.2) is 24.3 Å². The molecule has 1 saturated heterocycles. The third-order valence-corrected chi connectivity index (χ3v) is 5.84. The summed E-state index contributed by atoms with van der Waals surface area (Å²) in [6.07, 6.45) is 2.18. The van der Waals surface area contributed by atoms with Crippen molar-refractivity contribution < 1.29 is 8.42 Å². The van der Waals surface area contributed by atoms with Crippen molar-refractivity contribution in [1.82, 2.24) is 9.21 Å². The van der Waals surface area contributed by atoms with E-state index < -0.39 is 10.0 Å². The van der Waals surface area contributed by atoms with Gasteiger partial charge in [0.2, 0.25) is 10.0 Å². The predicted octanol–water partition coefficient (Wildman–Crippen LogP) is 1.41. The van der Waals surface area contributed by atoms with Crippen LogP contribution >= 0.6 is 0 Å². The zero-order chi connectivity index (χ0) is 15.5. The lowest BCUT2D eigenvalue weighted by molar-refractivity contribution is 0.271. The van der Waals surface area contributed by atoms with E-state index in [2.05, 4.69) is 4.90 Å². The van der Waals surface area contributed by atoms with Crippen molar-refractivity contribution >= 4 is 10.0 Å². The molecule has 1 aliphatic rings. The number of nitrogens with zero attached hydrogens (tertiary/aromatic N) is 3. The first-order chi connectivity index (χ1) is 9.92. The van der Waals surface area contributed by atoms with Crippen molar-refractivity contribution in [1.29, 1.82) is 5.26 Å². The van der Waals surface area contributed by atoms with Crippen LogP contribution in [-0.4, -0.2) is 50.8 Å². The van der Waals surface area contributed by atoms with Crippen molar-refractivity contribution in [2.45, 2.75) is 24.6 Å². The van der Waals surface area contributed by atoms with Crippen molar-refractivity contribution in [3.05, 3.63) is 35.4 Å². The summed E-state index contributed by atoms with van der Waals surface area (Å²) in [6.45, 7) is 1.57. The lowest BCUT2D eigenvalue weighted by Gasteiger charge is -2.25. The highest BCUT2D eigenvalue weighted by atomic mass is 32.2. The molecular weight excluding hydrogens is 286 g/mol. The van der Waals surface area contributed by atoms with Gasteiger partial charge in [0.05, 0.1) is 17.4 Å². The summed E-state index contributed by atoms with van der Waals surface area (Å²) in [5.41, 5.74) is 1.25. The number of likely N-dealkylation sites (N-methyl/N-ethyl adjacent to an activating group) is 2. The highest BCUT2D eigenvalue weighted by molar-refractivity contribution is 7.88. The van der Waals surface area contributed by atoms with E-state index in [1.807, 2.05) is 13.1 Å². The van der Waals surface area contributed by atoms with E-state index in [4.69, 9.17) is 5.26 Å². The Morgan fingerprint density at radius 3 is 2.57 bits per heavy atom. The number of hydrogen-bond donors (Lipinski definition) is 0. The molecule has 1 aliphatic heterocycles. The third kappa shape index (κ3) is 4.03. The van der Waals surface area contributed by atoms with Gasteiger partial charge in [0.15, 0.2) is 0 Å². The molecule has 0 saturated carbocycles. The quantitative estimate of drug-likeness (QED) is 0.825. The summed E-state index contributed by atoms with van der Waals surface area (Å²) in [4.78, 5) is 2.22. The van der Waals surface area contributed by atoms with Crippen LogP contribution in [0.3, 0.4) is 0 Å². The SMILES string of the molecule is CN1CCCC1CN(C)S(=O)(=O)Cc1ccc(C#N)cc1. The van der Waals surface area contributed by atoms with Crippen LogP contribution in [0.1, 0.15) is 24.0 Å². The zero-order valence-electron chi connectivity index (χ0n) is 12.5. The van der Waals surface area contributed by atoms with Crippen LogP contribution in [0.25, 0.3) is 0 Å². The average Bonchev–Trinajstić information content (AvgIpc) is 2.85. The van der Waals surface area contributed by atoms with Crippen LogP contribution in [0.5, 0.6) is 0 Å². The molecule has 0 spiro atoms. The molecule has 114 valence electrons. The molecule has 0 aromatic heterocycles. The topological polar surface area (TPSA) is 64.4 Å². The van der Waals surface area contributed by atoms with Crippen LogP contribution in [0.4, 0.5) is 0 Å². The molecular formula is C15H21N3O2S. The maximum atomic E-state index is 12.4. The second-order valence-corrected chi connectivity index (χ2v) is 7.70. The van der Waals surface area contributed by atoms with Crippen molar-refractivity contribution in [3.8, 4) is 6.07 Å². The highest BCUT2D eigenvalue weighted by Gasteiger charge is 2.27. The molecule has 1 aromatic rings. The summed E-state index contributed by atoms with van der Waals surface area (Å²) >= 11 is 0. The fourth-order valence-electron chi connectivity index (χ4n) is 2.62. The number of hydrogen-bond acceptors (Lipinski definition) is 4. The van der Waals surface area contributed by atoms with Gasteiger partial charge in [-0.25, -0.2) is 12.7 Å². The first kappa shape index (κ1) is 16.0. The van der Waals surface area contributed by atoms with Gasteiger partial charge in [0.25, 0.3) is 0 Å². The predicted molar refractivity (Wildman–Crippen MR) is 82.1 cm³/mol. The van der Waals surface area contributed by atoms with E-state index in [0.717, 1.165) is 19.4 Å². The van der Waals surface area contributed by atoms with Gasteiger partial charge in [-0.2, -0.15) is 5.26 Å². The summed E-state index contributed by atoms with van der Waals surface area (Å²) in [5.74, 6) is -0.0222. The maximum absolute atomic E-state index is 12.4. The third-order valence-electron chi connectivity index (χ3n) is 4.05. The van der Waals surface area contributed by atoms with Gasteiger partial charge >= 0.3 is 0 Å². The standard InChI is InChI=1S/C15H21N3O2S/c1-17-9-3-4-15(17)11-18(2)21(19,20)12-14-7-5-13(10-16)6-8-14/h5-8,15H,3-4,9,11-12H2,1-2H3. The maximum Gasteiger partial charge on any atom is 0.218 e. The Morgan fingerprint density at radius 1 is 1.38 bits per heavy atom. The van der Waals surface area contributed by atoms with Gasteiger partial charge < -0.3 is 4.90 Å². The lowest BCUT2D eigenvalue weighted by atomic mass is 10.2. The van der Waals surface area contributed by atoms with Gasteiger partial charge in [-0.05, 0) is 44.1 Å². The van der Waals surface area contributed by atoms with Gasteiger partial charge in [-0.15, -0.1) is 0 Å². The van der Waals surface area contributed by atoms with Crippen LogP contribution in [0.2, 0.25) is 0 Å². The Balaban J connectivity index is 2.01. The molecule has 1 unspecified atom stereocenters. The molecule has 1 atom stereocenters. The Morgan fingerprint density at radius 2 is 2.05 bits per heavy atom. The van der Waals surface area contributed by atoms with Gasteiger partial charge in [-0.3, -0.25) is 0 Å². The Bertz CT molecular complexity index is 619. The summed E-state index contributed by atoms with van der Waals surface area (Å²) in [6, 6.07) is 9.04. The van der Waals surface area contributed by atoms with Crippen molar-refractivity contribution in [2.75, 3.05) is 27.2 Å². The number of sulfonamides is 1. The molecule has 1 aromatic carbocycles. The molecule has 21 heavy (non-hydrogen) atoms. The van der Waals surface area contributed by atoms with E-state index in [1.54, 1.807) is 31.3 Å².